The minimum absolute atomic E-state index is 0.0289. The molecule has 0 unspecified atom stereocenters. The molecule has 0 amide bonds. The van der Waals surface area contributed by atoms with Gasteiger partial charge in [-0.1, -0.05) is 18.2 Å². The first-order valence-corrected chi connectivity index (χ1v) is 8.14. The van der Waals surface area contributed by atoms with Gasteiger partial charge in [0.25, 0.3) is 0 Å². The van der Waals surface area contributed by atoms with Crippen LogP contribution in [0.5, 0.6) is 5.75 Å². The summed E-state index contributed by atoms with van der Waals surface area (Å²) in [6, 6.07) is 23.0. The van der Waals surface area contributed by atoms with Crippen molar-refractivity contribution in [1.29, 1.82) is 0 Å². The fraction of sp³-hybridized carbons (Fsp3) is 0.0455. The van der Waals surface area contributed by atoms with Gasteiger partial charge in [0, 0.05) is 11.8 Å². The van der Waals surface area contributed by atoms with Crippen molar-refractivity contribution in [2.45, 2.75) is 6.92 Å². The second kappa shape index (κ2) is 8.03. The highest BCUT2D eigenvalue weighted by Gasteiger charge is 2.07. The minimum Gasteiger partial charge on any atom is -0.423 e. The summed E-state index contributed by atoms with van der Waals surface area (Å²) < 4.78 is 5.34. The van der Waals surface area contributed by atoms with E-state index < -0.39 is 5.97 Å². The number of nitrogens with zero attached hydrogens (tertiary/aromatic N) is 1. The fourth-order valence-electron chi connectivity index (χ4n) is 2.29. The van der Waals surface area contributed by atoms with Gasteiger partial charge in [0.05, 0.1) is 11.3 Å². The first kappa shape index (κ1) is 17.3. The van der Waals surface area contributed by atoms with E-state index in [1.165, 1.54) is 6.92 Å². The third-order valence-electron chi connectivity index (χ3n) is 3.74. The van der Waals surface area contributed by atoms with Gasteiger partial charge in [-0.15, -0.1) is 0 Å². The lowest BCUT2D eigenvalue weighted by molar-refractivity contribution is 0.0734. The molecule has 0 N–H and O–H groups in total. The van der Waals surface area contributed by atoms with E-state index in [0.717, 1.165) is 11.3 Å². The van der Waals surface area contributed by atoms with E-state index in [9.17, 15) is 9.59 Å². The molecule has 0 bridgehead atoms. The van der Waals surface area contributed by atoms with Crippen LogP contribution < -0.4 is 4.74 Å². The van der Waals surface area contributed by atoms with Crippen molar-refractivity contribution in [3.05, 3.63) is 95.6 Å². The molecule has 0 aliphatic rings. The molecule has 0 heterocycles. The average molecular weight is 343 g/mol. The van der Waals surface area contributed by atoms with Crippen LogP contribution in [-0.4, -0.2) is 18.0 Å². The van der Waals surface area contributed by atoms with Crippen LogP contribution in [0.2, 0.25) is 0 Å². The van der Waals surface area contributed by atoms with E-state index in [4.69, 9.17) is 4.74 Å². The predicted molar refractivity (Wildman–Crippen MR) is 102 cm³/mol. The Labute approximate surface area is 151 Å². The molecule has 3 aromatic rings. The van der Waals surface area contributed by atoms with Crippen LogP contribution in [0.15, 0.2) is 83.9 Å². The van der Waals surface area contributed by atoms with Crippen LogP contribution in [-0.2, 0) is 0 Å². The third kappa shape index (κ3) is 4.51. The Morgan fingerprint density at radius 3 is 2.08 bits per heavy atom. The fourth-order valence-corrected chi connectivity index (χ4v) is 2.29. The van der Waals surface area contributed by atoms with E-state index in [0.29, 0.717) is 16.9 Å². The number of rotatable bonds is 5. The van der Waals surface area contributed by atoms with Crippen LogP contribution in [0, 0.1) is 0 Å². The Balaban J connectivity index is 1.64. The zero-order valence-corrected chi connectivity index (χ0v) is 14.3. The predicted octanol–water partition coefficient (Wildman–Crippen LogP) is 4.86. The minimum atomic E-state index is -0.391. The number of ketones is 1. The Bertz CT molecular complexity index is 927. The van der Waals surface area contributed by atoms with Crippen molar-refractivity contribution in [3.8, 4) is 5.75 Å². The van der Waals surface area contributed by atoms with Crippen molar-refractivity contribution in [2.75, 3.05) is 0 Å². The zero-order chi connectivity index (χ0) is 18.4. The highest BCUT2D eigenvalue weighted by atomic mass is 16.5. The van der Waals surface area contributed by atoms with E-state index in [1.807, 2.05) is 18.2 Å². The molecule has 0 radical (unpaired) electrons. The summed E-state index contributed by atoms with van der Waals surface area (Å²) in [4.78, 5) is 27.6. The average Bonchev–Trinajstić information content (AvgIpc) is 2.68. The van der Waals surface area contributed by atoms with Gasteiger partial charge in [-0.25, -0.2) is 4.79 Å². The summed E-state index contributed by atoms with van der Waals surface area (Å²) in [5, 5.41) is 0. The molecule has 26 heavy (non-hydrogen) atoms. The van der Waals surface area contributed by atoms with Crippen LogP contribution in [0.3, 0.4) is 0 Å². The topological polar surface area (TPSA) is 55.7 Å². The number of benzene rings is 3. The Morgan fingerprint density at radius 1 is 0.808 bits per heavy atom. The third-order valence-corrected chi connectivity index (χ3v) is 3.74. The summed E-state index contributed by atoms with van der Waals surface area (Å²) in [5.74, 6) is 0.112. The molecule has 0 spiro atoms. The molecule has 3 rings (SSSR count). The Kier molecular flexibility index (Phi) is 5.34. The van der Waals surface area contributed by atoms with Gasteiger partial charge in [-0.05, 0) is 73.2 Å². The highest BCUT2D eigenvalue weighted by Crippen LogP contribution is 2.16. The second-order valence-corrected chi connectivity index (χ2v) is 5.69. The van der Waals surface area contributed by atoms with Crippen molar-refractivity contribution >= 4 is 23.7 Å². The van der Waals surface area contributed by atoms with Crippen molar-refractivity contribution < 1.29 is 14.3 Å². The van der Waals surface area contributed by atoms with Gasteiger partial charge in [0.2, 0.25) is 0 Å². The number of esters is 1. The molecule has 0 fully saturated rings. The summed E-state index contributed by atoms with van der Waals surface area (Å²) in [6.45, 7) is 1.53. The van der Waals surface area contributed by atoms with E-state index in [2.05, 4.69) is 4.99 Å². The summed E-state index contributed by atoms with van der Waals surface area (Å²) >= 11 is 0. The van der Waals surface area contributed by atoms with Gasteiger partial charge < -0.3 is 4.74 Å². The van der Waals surface area contributed by atoms with Crippen molar-refractivity contribution in [2.24, 2.45) is 4.99 Å². The molecule has 3 aromatic carbocycles. The quantitative estimate of drug-likeness (QED) is 0.288. The largest absolute Gasteiger partial charge is 0.423 e. The summed E-state index contributed by atoms with van der Waals surface area (Å²) in [7, 11) is 0. The van der Waals surface area contributed by atoms with E-state index >= 15 is 0 Å². The molecule has 0 saturated carbocycles. The first-order valence-electron chi connectivity index (χ1n) is 8.14. The Hall–Kier alpha value is -3.53. The molecule has 4 heteroatoms. The van der Waals surface area contributed by atoms with Crippen LogP contribution in [0.1, 0.15) is 33.2 Å². The summed E-state index contributed by atoms with van der Waals surface area (Å²) in [5.41, 5.74) is 2.80. The molecule has 128 valence electrons. The summed E-state index contributed by atoms with van der Waals surface area (Å²) in [6.07, 6.45) is 1.71. The van der Waals surface area contributed by atoms with E-state index in [1.54, 1.807) is 66.9 Å². The Morgan fingerprint density at radius 2 is 1.46 bits per heavy atom. The maximum atomic E-state index is 12.0. The smallest absolute Gasteiger partial charge is 0.343 e. The van der Waals surface area contributed by atoms with Crippen LogP contribution >= 0.6 is 0 Å². The number of hydrogen-bond donors (Lipinski definition) is 0. The van der Waals surface area contributed by atoms with Gasteiger partial charge >= 0.3 is 5.97 Å². The monoisotopic (exact) mass is 343 g/mol. The lowest BCUT2D eigenvalue weighted by Gasteiger charge is -2.04. The van der Waals surface area contributed by atoms with Gasteiger partial charge in [0.1, 0.15) is 5.75 Å². The molecular weight excluding hydrogens is 326 g/mol. The molecule has 0 saturated heterocycles. The standard InChI is InChI=1S/C22H17NO3/c1-16(24)18-9-11-20(12-10-18)23-15-17-7-13-21(14-8-17)26-22(25)19-5-3-2-4-6-19/h2-15H,1H3. The van der Waals surface area contributed by atoms with Gasteiger partial charge in [0.15, 0.2) is 5.78 Å². The van der Waals surface area contributed by atoms with Crippen molar-refractivity contribution in [3.63, 3.8) is 0 Å². The van der Waals surface area contributed by atoms with E-state index in [-0.39, 0.29) is 5.78 Å². The number of Topliss-reactive ketones (excluding diaryl/α,β-unsaturated/α-hetero) is 1. The van der Waals surface area contributed by atoms with Crippen molar-refractivity contribution in [1.82, 2.24) is 0 Å². The molecule has 4 nitrogen and oxygen atoms in total. The molecule has 0 aliphatic carbocycles. The van der Waals surface area contributed by atoms with Crippen LogP contribution in [0.4, 0.5) is 5.69 Å². The number of aliphatic imine (C=N–C) groups is 1. The zero-order valence-electron chi connectivity index (χ0n) is 14.3. The van der Waals surface area contributed by atoms with Crippen LogP contribution in [0.25, 0.3) is 0 Å². The normalized spacial score (nSPS) is 10.7. The molecular formula is C22H17NO3. The second-order valence-electron chi connectivity index (χ2n) is 5.69. The molecule has 0 aromatic heterocycles. The molecule has 0 atom stereocenters. The van der Waals surface area contributed by atoms with Gasteiger partial charge in [-0.2, -0.15) is 0 Å². The molecule has 0 aliphatic heterocycles. The number of hydrogen-bond acceptors (Lipinski definition) is 4. The highest BCUT2D eigenvalue weighted by molar-refractivity contribution is 5.94. The SMILES string of the molecule is CC(=O)c1ccc(N=Cc2ccc(OC(=O)c3ccccc3)cc2)cc1. The van der Waals surface area contributed by atoms with Gasteiger partial charge in [-0.3, -0.25) is 9.79 Å². The number of carbonyl (C=O) groups excluding carboxylic acids is 2. The number of carbonyl (C=O) groups is 2. The maximum absolute atomic E-state index is 12.0. The maximum Gasteiger partial charge on any atom is 0.343 e. The lowest BCUT2D eigenvalue weighted by atomic mass is 10.1. The lowest BCUT2D eigenvalue weighted by Crippen LogP contribution is -2.07. The number of ether oxygens (including phenoxy) is 1. The first-order chi connectivity index (χ1) is 12.6.